The Balaban J connectivity index is 1.57. The van der Waals surface area contributed by atoms with Gasteiger partial charge >= 0.3 is 0 Å². The fraction of sp³-hybridized carbons (Fsp3) is 0.273. The fourth-order valence-corrected chi connectivity index (χ4v) is 3.76. The highest BCUT2D eigenvalue weighted by Gasteiger charge is 2.20. The van der Waals surface area contributed by atoms with Gasteiger partial charge in [-0.05, 0) is 48.5 Å². The molecule has 1 saturated heterocycles. The third kappa shape index (κ3) is 4.00. The molecular weight excluding hydrogens is 371 g/mol. The number of fused-ring (bicyclic) bond motifs is 1. The Bertz CT molecular complexity index is 1030. The van der Waals surface area contributed by atoms with E-state index in [1.165, 1.54) is 6.07 Å². The van der Waals surface area contributed by atoms with Crippen LogP contribution in [0.4, 0.5) is 15.8 Å². The summed E-state index contributed by atoms with van der Waals surface area (Å²) in [6, 6.07) is 14.0. The predicted molar refractivity (Wildman–Crippen MR) is 112 cm³/mol. The summed E-state index contributed by atoms with van der Waals surface area (Å²) in [6.45, 7) is 3.62. The lowest BCUT2D eigenvalue weighted by molar-refractivity contribution is 0.100. The second-order valence-corrected chi connectivity index (χ2v) is 7.11. The number of carbonyl (C=O) groups excluding carboxylic acids is 1. The molecule has 29 heavy (non-hydrogen) atoms. The van der Waals surface area contributed by atoms with Crippen molar-refractivity contribution in [2.24, 2.45) is 5.73 Å². The average Bonchev–Trinajstić information content (AvgIpc) is 2.74. The van der Waals surface area contributed by atoms with Crippen LogP contribution in [0, 0.1) is 5.82 Å². The number of anilines is 2. The number of ether oxygens (including phenoxy) is 1. The average molecular weight is 394 g/mol. The molecule has 3 aromatic rings. The van der Waals surface area contributed by atoms with Crippen molar-refractivity contribution < 1.29 is 13.9 Å². The highest BCUT2D eigenvalue weighted by molar-refractivity contribution is 5.93. The van der Waals surface area contributed by atoms with E-state index >= 15 is 0 Å². The minimum Gasteiger partial charge on any atom is -0.378 e. The first-order chi connectivity index (χ1) is 14.0. The van der Waals surface area contributed by atoms with E-state index in [9.17, 15) is 9.18 Å². The van der Waals surface area contributed by atoms with Crippen LogP contribution in [0.25, 0.3) is 10.9 Å². The molecule has 0 bridgehead atoms. The summed E-state index contributed by atoms with van der Waals surface area (Å²) in [7, 11) is 1.64. The first kappa shape index (κ1) is 19.1. The molecule has 0 radical (unpaired) electrons. The number of hydrogen-bond donors (Lipinski definition) is 1. The summed E-state index contributed by atoms with van der Waals surface area (Å²) < 4.78 is 19.1. The summed E-state index contributed by atoms with van der Waals surface area (Å²) in [5, 5.41) is 0.809. The maximum Gasteiger partial charge on any atom is 0.248 e. The number of nitrogens with two attached hydrogens (primary N) is 1. The molecule has 1 aromatic heterocycles. The normalized spacial score (nSPS) is 14.4. The maximum atomic E-state index is 13.9. The Labute approximate surface area is 168 Å². The van der Waals surface area contributed by atoms with E-state index in [4.69, 9.17) is 10.5 Å². The molecule has 6 nitrogen and oxygen atoms in total. The summed E-state index contributed by atoms with van der Waals surface area (Å²) in [5.41, 5.74) is 9.44. The van der Waals surface area contributed by atoms with Crippen molar-refractivity contribution in [2.45, 2.75) is 6.61 Å². The van der Waals surface area contributed by atoms with Crippen LogP contribution in [-0.4, -0.2) is 44.2 Å². The van der Waals surface area contributed by atoms with Gasteiger partial charge in [-0.3, -0.25) is 9.78 Å². The van der Waals surface area contributed by atoms with Gasteiger partial charge in [-0.2, -0.15) is 0 Å². The van der Waals surface area contributed by atoms with E-state index < -0.39 is 5.91 Å². The zero-order chi connectivity index (χ0) is 20.4. The van der Waals surface area contributed by atoms with Crippen LogP contribution in [-0.2, 0) is 11.3 Å². The highest BCUT2D eigenvalue weighted by atomic mass is 19.1. The number of rotatable bonds is 5. The first-order valence-electron chi connectivity index (χ1n) is 9.53. The molecule has 0 spiro atoms. The van der Waals surface area contributed by atoms with E-state index in [1.54, 1.807) is 31.4 Å². The molecule has 2 heterocycles. The molecule has 1 aliphatic rings. The van der Waals surface area contributed by atoms with Gasteiger partial charge in [-0.1, -0.05) is 0 Å². The fourth-order valence-electron chi connectivity index (χ4n) is 3.76. The number of nitrogens with zero attached hydrogens (tertiary/aromatic N) is 3. The van der Waals surface area contributed by atoms with E-state index in [0.717, 1.165) is 54.2 Å². The molecular formula is C22H23FN4O2. The van der Waals surface area contributed by atoms with Crippen molar-refractivity contribution >= 4 is 28.2 Å². The molecule has 1 amide bonds. The lowest BCUT2D eigenvalue weighted by atomic mass is 10.1. The van der Waals surface area contributed by atoms with E-state index in [1.807, 2.05) is 18.2 Å². The van der Waals surface area contributed by atoms with Crippen molar-refractivity contribution in [1.29, 1.82) is 0 Å². The van der Waals surface area contributed by atoms with Crippen molar-refractivity contribution in [3.05, 3.63) is 65.6 Å². The summed E-state index contributed by atoms with van der Waals surface area (Å²) >= 11 is 0. The first-order valence-corrected chi connectivity index (χ1v) is 9.53. The highest BCUT2D eigenvalue weighted by Crippen LogP contribution is 2.29. The Morgan fingerprint density at radius 1 is 1.07 bits per heavy atom. The Morgan fingerprint density at radius 2 is 1.76 bits per heavy atom. The van der Waals surface area contributed by atoms with Gasteiger partial charge in [-0.15, -0.1) is 0 Å². The minimum absolute atomic E-state index is 0.270. The number of primary amides is 1. The third-order valence-corrected chi connectivity index (χ3v) is 5.23. The molecule has 2 N–H and O–H groups in total. The Morgan fingerprint density at radius 3 is 2.41 bits per heavy atom. The smallest absolute Gasteiger partial charge is 0.248 e. The van der Waals surface area contributed by atoms with Gasteiger partial charge in [0, 0.05) is 55.6 Å². The molecule has 0 atom stereocenters. The summed E-state index contributed by atoms with van der Waals surface area (Å²) in [6.07, 6.45) is 0. The molecule has 2 aromatic carbocycles. The predicted octanol–water partition coefficient (Wildman–Crippen LogP) is 2.95. The van der Waals surface area contributed by atoms with Crippen molar-refractivity contribution in [3.63, 3.8) is 0 Å². The van der Waals surface area contributed by atoms with Gasteiger partial charge in [0.1, 0.15) is 5.82 Å². The molecule has 150 valence electrons. The number of methoxy groups -OCH3 is 1. The molecule has 0 saturated carbocycles. The van der Waals surface area contributed by atoms with E-state index in [-0.39, 0.29) is 5.82 Å². The third-order valence-electron chi connectivity index (χ3n) is 5.23. The number of hydrogen-bond acceptors (Lipinski definition) is 5. The van der Waals surface area contributed by atoms with Gasteiger partial charge in [0.2, 0.25) is 5.91 Å². The standard InChI is InChI=1S/C22H23FN4O2/c1-29-14-17-13-21(19-12-16(23)4-7-20(19)25-17)27-10-8-26(9-11-27)18-5-2-15(3-6-18)22(24)28/h2-7,12-13H,8-11,14H2,1H3,(H2,24,28). The second-order valence-electron chi connectivity index (χ2n) is 7.11. The zero-order valence-corrected chi connectivity index (χ0v) is 16.3. The van der Waals surface area contributed by atoms with Crippen molar-refractivity contribution in [2.75, 3.05) is 43.1 Å². The SMILES string of the molecule is COCc1cc(N2CCN(c3ccc(C(N)=O)cc3)CC2)c2cc(F)ccc2n1. The van der Waals surface area contributed by atoms with Crippen LogP contribution in [0.3, 0.4) is 0 Å². The number of amides is 1. The van der Waals surface area contributed by atoms with E-state index in [0.29, 0.717) is 12.2 Å². The summed E-state index contributed by atoms with van der Waals surface area (Å²) in [5.74, 6) is -0.696. The van der Waals surface area contributed by atoms with Crippen molar-refractivity contribution in [1.82, 2.24) is 4.98 Å². The number of piperazine rings is 1. The maximum absolute atomic E-state index is 13.9. The van der Waals surface area contributed by atoms with Gasteiger partial charge in [0.05, 0.1) is 17.8 Å². The van der Waals surface area contributed by atoms with Gasteiger partial charge in [0.15, 0.2) is 0 Å². The molecule has 7 heteroatoms. The second kappa shape index (κ2) is 8.05. The largest absolute Gasteiger partial charge is 0.378 e. The van der Waals surface area contributed by atoms with Gasteiger partial charge < -0.3 is 20.3 Å². The lowest BCUT2D eigenvalue weighted by Crippen LogP contribution is -2.46. The minimum atomic E-state index is -0.426. The monoisotopic (exact) mass is 394 g/mol. The zero-order valence-electron chi connectivity index (χ0n) is 16.3. The number of aromatic nitrogens is 1. The topological polar surface area (TPSA) is 71.7 Å². The molecule has 0 unspecified atom stereocenters. The molecule has 1 fully saturated rings. The number of carbonyl (C=O) groups is 1. The van der Waals surface area contributed by atoms with Crippen LogP contribution in [0.5, 0.6) is 0 Å². The Hall–Kier alpha value is -3.19. The van der Waals surface area contributed by atoms with E-state index in [2.05, 4.69) is 14.8 Å². The summed E-state index contributed by atoms with van der Waals surface area (Å²) in [4.78, 5) is 20.4. The lowest BCUT2D eigenvalue weighted by Gasteiger charge is -2.38. The number of pyridine rings is 1. The van der Waals surface area contributed by atoms with Crippen LogP contribution in [0.1, 0.15) is 16.1 Å². The quantitative estimate of drug-likeness (QED) is 0.720. The molecule has 0 aliphatic carbocycles. The molecule has 1 aliphatic heterocycles. The van der Waals surface area contributed by atoms with Crippen LogP contribution >= 0.6 is 0 Å². The number of halogens is 1. The van der Waals surface area contributed by atoms with Crippen LogP contribution in [0.15, 0.2) is 48.5 Å². The van der Waals surface area contributed by atoms with Gasteiger partial charge in [-0.25, -0.2) is 4.39 Å². The van der Waals surface area contributed by atoms with Crippen LogP contribution < -0.4 is 15.5 Å². The van der Waals surface area contributed by atoms with Crippen molar-refractivity contribution in [3.8, 4) is 0 Å². The van der Waals surface area contributed by atoms with Crippen LogP contribution in [0.2, 0.25) is 0 Å². The Kier molecular flexibility index (Phi) is 5.31. The number of benzene rings is 2. The van der Waals surface area contributed by atoms with Gasteiger partial charge in [0.25, 0.3) is 0 Å². The molecule has 4 rings (SSSR count).